The van der Waals surface area contributed by atoms with Gasteiger partial charge in [-0.1, -0.05) is 96.9 Å². The van der Waals surface area contributed by atoms with E-state index in [1.165, 1.54) is 29.2 Å². The average molecular weight is 700 g/mol. The molecule has 4 rings (SSSR count). The molecular formula is C36H37ClF3N3O4S. The molecule has 4 aromatic carbocycles. The fourth-order valence-electron chi connectivity index (χ4n) is 5.00. The van der Waals surface area contributed by atoms with E-state index in [9.17, 15) is 31.2 Å². The summed E-state index contributed by atoms with van der Waals surface area (Å²) in [4.78, 5) is 29.5. The number of aryl methyl sites for hydroxylation is 1. The molecule has 0 heterocycles. The maximum Gasteiger partial charge on any atom is 0.416 e. The van der Waals surface area contributed by atoms with Crippen LogP contribution in [-0.2, 0) is 38.8 Å². The molecule has 0 aliphatic heterocycles. The third kappa shape index (κ3) is 9.17. The summed E-state index contributed by atoms with van der Waals surface area (Å²) >= 11 is 6.37. The van der Waals surface area contributed by atoms with Crippen LogP contribution < -0.4 is 9.62 Å². The lowest BCUT2D eigenvalue weighted by Gasteiger charge is -2.34. The maximum absolute atomic E-state index is 14.5. The number of rotatable bonds is 13. The fraction of sp³-hybridized carbons (Fsp3) is 0.278. The summed E-state index contributed by atoms with van der Waals surface area (Å²) in [5.74, 6) is -1.27. The van der Waals surface area contributed by atoms with Crippen molar-refractivity contribution in [3.63, 3.8) is 0 Å². The quantitative estimate of drug-likeness (QED) is 0.157. The molecule has 4 aromatic rings. The molecule has 12 heteroatoms. The first-order valence-electron chi connectivity index (χ1n) is 15.3. The lowest BCUT2D eigenvalue weighted by atomic mass is 10.0. The normalized spacial score (nSPS) is 13.0. The number of alkyl halides is 3. The number of nitrogens with one attached hydrogen (secondary N) is 1. The lowest BCUT2D eigenvalue weighted by molar-refractivity contribution is -0.140. The number of nitrogens with zero attached hydrogens (tertiary/aromatic N) is 2. The molecule has 0 spiro atoms. The van der Waals surface area contributed by atoms with Crippen molar-refractivity contribution < 1.29 is 31.2 Å². The summed E-state index contributed by atoms with van der Waals surface area (Å²) in [6.45, 7) is 4.60. The van der Waals surface area contributed by atoms with Gasteiger partial charge in [0, 0.05) is 19.0 Å². The monoisotopic (exact) mass is 699 g/mol. The standard InChI is InChI=1S/C36H37ClF3N3O4S/c1-4-26(3)41-35(45)33(21-27-11-7-5-8-12-27)42(23-28-17-15-25(2)16-18-28)34(44)24-43(48(46,47)30-13-9-6-10-14-30)32-22-29(36(38,39)40)19-20-31(32)37/h5-20,22,26,33H,4,21,23-24H2,1-3H3,(H,41,45). The SMILES string of the molecule is CCC(C)NC(=O)C(Cc1ccccc1)N(Cc1ccc(C)cc1)C(=O)CN(c1cc(C(F)(F)F)ccc1Cl)S(=O)(=O)c1ccccc1. The second-order valence-corrected chi connectivity index (χ2v) is 13.8. The van der Waals surface area contributed by atoms with E-state index in [0.717, 1.165) is 23.3 Å². The van der Waals surface area contributed by atoms with Crippen LogP contribution in [0.3, 0.4) is 0 Å². The third-order valence-corrected chi connectivity index (χ3v) is 9.99. The molecule has 0 aromatic heterocycles. The van der Waals surface area contributed by atoms with Gasteiger partial charge in [-0.3, -0.25) is 13.9 Å². The molecule has 0 saturated carbocycles. The van der Waals surface area contributed by atoms with Gasteiger partial charge >= 0.3 is 6.18 Å². The summed E-state index contributed by atoms with van der Waals surface area (Å²) in [7, 11) is -4.64. The zero-order valence-corrected chi connectivity index (χ0v) is 28.3. The zero-order chi connectivity index (χ0) is 35.1. The second kappa shape index (κ2) is 15.7. The molecule has 7 nitrogen and oxygen atoms in total. The molecule has 0 aliphatic carbocycles. The fourth-order valence-corrected chi connectivity index (χ4v) is 6.71. The number of hydrogen-bond donors (Lipinski definition) is 1. The van der Waals surface area contributed by atoms with Gasteiger partial charge in [-0.15, -0.1) is 0 Å². The van der Waals surface area contributed by atoms with Gasteiger partial charge in [0.15, 0.2) is 0 Å². The minimum absolute atomic E-state index is 0.0832. The summed E-state index contributed by atoms with van der Waals surface area (Å²) in [6.07, 6.45) is -4.11. The first kappa shape index (κ1) is 36.5. The minimum Gasteiger partial charge on any atom is -0.352 e. The highest BCUT2D eigenvalue weighted by Crippen LogP contribution is 2.37. The molecule has 2 amide bonds. The van der Waals surface area contributed by atoms with Crippen molar-refractivity contribution in [2.45, 2.75) is 63.3 Å². The van der Waals surface area contributed by atoms with Crippen molar-refractivity contribution in [3.05, 3.63) is 130 Å². The highest BCUT2D eigenvalue weighted by molar-refractivity contribution is 7.92. The van der Waals surface area contributed by atoms with Gasteiger partial charge in [-0.05, 0) is 61.7 Å². The van der Waals surface area contributed by atoms with Crippen LogP contribution >= 0.6 is 11.6 Å². The topological polar surface area (TPSA) is 86.8 Å². The second-order valence-electron chi connectivity index (χ2n) is 11.5. The van der Waals surface area contributed by atoms with Crippen molar-refractivity contribution in [1.29, 1.82) is 0 Å². The molecule has 1 N–H and O–H groups in total. The zero-order valence-electron chi connectivity index (χ0n) is 26.7. The van der Waals surface area contributed by atoms with E-state index in [1.807, 2.05) is 51.1 Å². The Hall–Kier alpha value is -4.35. The Kier molecular flexibility index (Phi) is 11.9. The van der Waals surface area contributed by atoms with Gasteiger partial charge in [-0.2, -0.15) is 13.2 Å². The number of carbonyl (C=O) groups is 2. The summed E-state index contributed by atoms with van der Waals surface area (Å²) in [6, 6.07) is 24.3. The number of sulfonamides is 1. The molecule has 0 bridgehead atoms. The van der Waals surface area contributed by atoms with Crippen molar-refractivity contribution in [2.24, 2.45) is 0 Å². The first-order chi connectivity index (χ1) is 22.7. The number of amides is 2. The Morgan fingerprint density at radius 2 is 1.48 bits per heavy atom. The Balaban J connectivity index is 1.87. The Bertz CT molecular complexity index is 1810. The number of hydrogen-bond acceptors (Lipinski definition) is 4. The highest BCUT2D eigenvalue weighted by Gasteiger charge is 2.37. The van der Waals surface area contributed by atoms with Gasteiger partial charge in [0.2, 0.25) is 11.8 Å². The lowest BCUT2D eigenvalue weighted by Crippen LogP contribution is -2.54. The summed E-state index contributed by atoms with van der Waals surface area (Å²) in [5.41, 5.74) is 0.707. The average Bonchev–Trinajstić information content (AvgIpc) is 3.06. The number of benzene rings is 4. The predicted molar refractivity (Wildman–Crippen MR) is 181 cm³/mol. The van der Waals surface area contributed by atoms with Crippen LogP contribution in [0, 0.1) is 6.92 Å². The molecule has 254 valence electrons. The molecular weight excluding hydrogens is 663 g/mol. The van der Waals surface area contributed by atoms with E-state index < -0.39 is 51.9 Å². The van der Waals surface area contributed by atoms with Gasteiger partial charge < -0.3 is 10.2 Å². The summed E-state index contributed by atoms with van der Waals surface area (Å²) in [5, 5.41) is 2.63. The van der Waals surface area contributed by atoms with E-state index in [2.05, 4.69) is 5.32 Å². The van der Waals surface area contributed by atoms with E-state index >= 15 is 0 Å². The van der Waals surface area contributed by atoms with Crippen LogP contribution in [0.25, 0.3) is 0 Å². The van der Waals surface area contributed by atoms with Crippen LogP contribution in [-0.4, -0.2) is 43.8 Å². The van der Waals surface area contributed by atoms with Crippen molar-refractivity contribution in [2.75, 3.05) is 10.8 Å². The van der Waals surface area contributed by atoms with Crippen LogP contribution in [0.15, 0.2) is 108 Å². The first-order valence-corrected chi connectivity index (χ1v) is 17.2. The van der Waals surface area contributed by atoms with Gasteiger partial charge in [0.1, 0.15) is 12.6 Å². The van der Waals surface area contributed by atoms with Crippen molar-refractivity contribution >= 4 is 39.1 Å². The van der Waals surface area contributed by atoms with Crippen molar-refractivity contribution in [3.8, 4) is 0 Å². The highest BCUT2D eigenvalue weighted by atomic mass is 35.5. The van der Waals surface area contributed by atoms with Crippen molar-refractivity contribution in [1.82, 2.24) is 10.2 Å². The molecule has 0 saturated heterocycles. The Labute approximate surface area is 284 Å². The molecule has 0 fully saturated rings. The number of carbonyl (C=O) groups excluding carboxylic acids is 2. The van der Waals surface area contributed by atoms with Crippen LogP contribution in [0.4, 0.5) is 18.9 Å². The smallest absolute Gasteiger partial charge is 0.352 e. The Morgan fingerprint density at radius 1 is 0.875 bits per heavy atom. The molecule has 0 aliphatic rings. The molecule has 48 heavy (non-hydrogen) atoms. The molecule has 2 unspecified atom stereocenters. The van der Waals surface area contributed by atoms with E-state index in [1.54, 1.807) is 30.3 Å². The Morgan fingerprint density at radius 3 is 2.06 bits per heavy atom. The van der Waals surface area contributed by atoms with Gasteiger partial charge in [0.05, 0.1) is 21.2 Å². The maximum atomic E-state index is 14.5. The van der Waals surface area contributed by atoms with Gasteiger partial charge in [0.25, 0.3) is 10.0 Å². The summed E-state index contributed by atoms with van der Waals surface area (Å²) < 4.78 is 70.4. The predicted octanol–water partition coefficient (Wildman–Crippen LogP) is 7.42. The van der Waals surface area contributed by atoms with E-state index in [0.29, 0.717) is 22.4 Å². The number of halogens is 4. The molecule has 0 radical (unpaired) electrons. The number of anilines is 1. The van der Waals surface area contributed by atoms with Gasteiger partial charge in [-0.25, -0.2) is 8.42 Å². The van der Waals surface area contributed by atoms with E-state index in [4.69, 9.17) is 11.6 Å². The van der Waals surface area contributed by atoms with Crippen LogP contribution in [0.5, 0.6) is 0 Å². The van der Waals surface area contributed by atoms with Crippen LogP contribution in [0.2, 0.25) is 5.02 Å². The van der Waals surface area contributed by atoms with Crippen LogP contribution in [0.1, 0.15) is 42.5 Å². The molecule has 2 atom stereocenters. The largest absolute Gasteiger partial charge is 0.416 e. The van der Waals surface area contributed by atoms with E-state index in [-0.39, 0.29) is 28.9 Å². The minimum atomic E-state index is -4.82. The third-order valence-electron chi connectivity index (χ3n) is 7.90.